The Bertz CT molecular complexity index is 770. The molecule has 3 heterocycles. The maximum atomic E-state index is 12.9. The number of hydrogen-bond donors (Lipinski definition) is 2. The van der Waals surface area contributed by atoms with Gasteiger partial charge in [-0.05, 0) is 12.5 Å². The molecule has 2 aliphatic heterocycles. The number of nitrogens with one attached hydrogen (secondary N) is 1. The van der Waals surface area contributed by atoms with Crippen LogP contribution in [-0.2, 0) is 23.9 Å². The molecule has 0 bridgehead atoms. The number of carboxylic acids is 1. The van der Waals surface area contributed by atoms with E-state index in [-0.39, 0.29) is 38.4 Å². The van der Waals surface area contributed by atoms with Gasteiger partial charge in [-0.1, -0.05) is 0 Å². The van der Waals surface area contributed by atoms with Crippen molar-refractivity contribution in [3.05, 3.63) is 24.3 Å². The molecular weight excluding hydrogens is 389 g/mol. The third-order valence-electron chi connectivity index (χ3n) is 4.66. The van der Waals surface area contributed by atoms with Gasteiger partial charge in [-0.2, -0.15) is 4.39 Å². The Hall–Kier alpha value is -2.79. The second-order valence-corrected chi connectivity index (χ2v) is 6.73. The summed E-state index contributed by atoms with van der Waals surface area (Å²) in [7, 11) is 0. The van der Waals surface area contributed by atoms with Crippen molar-refractivity contribution in [1.29, 1.82) is 0 Å². The molecule has 11 heteroatoms. The number of aromatic nitrogens is 1. The summed E-state index contributed by atoms with van der Waals surface area (Å²) in [6.45, 7) is 0.567. The van der Waals surface area contributed by atoms with E-state index in [9.17, 15) is 23.9 Å². The molecule has 0 radical (unpaired) electrons. The summed E-state index contributed by atoms with van der Waals surface area (Å²) >= 11 is 0. The van der Waals surface area contributed by atoms with Gasteiger partial charge in [0, 0.05) is 25.1 Å². The van der Waals surface area contributed by atoms with Crippen LogP contribution in [0.2, 0.25) is 0 Å². The highest BCUT2D eigenvalue weighted by molar-refractivity contribution is 5.88. The van der Waals surface area contributed by atoms with E-state index in [0.717, 1.165) is 11.0 Å². The summed E-state index contributed by atoms with van der Waals surface area (Å²) in [5.74, 6) is -3.47. The lowest BCUT2D eigenvalue weighted by Gasteiger charge is -2.23. The standard InChI is InChI=1S/C18H22FN3O7/c19-14-8-12(3-4-20-14)27-5-1-2-15(23)21-10-16(24)22-11-18(28-6-7-29-18)9-13(22)17(25)26/h3-4,8,13H,1-2,5-7,9-11H2,(H,21,23)(H,25,26)/t13-/m0/s1. The highest BCUT2D eigenvalue weighted by Crippen LogP contribution is 2.34. The van der Waals surface area contributed by atoms with Gasteiger partial charge in [0.2, 0.25) is 17.8 Å². The Morgan fingerprint density at radius 3 is 2.83 bits per heavy atom. The highest BCUT2D eigenvalue weighted by Gasteiger charge is 2.52. The summed E-state index contributed by atoms with van der Waals surface area (Å²) < 4.78 is 29.2. The van der Waals surface area contributed by atoms with Crippen molar-refractivity contribution >= 4 is 17.8 Å². The van der Waals surface area contributed by atoms with Gasteiger partial charge in [0.15, 0.2) is 5.79 Å². The Balaban J connectivity index is 1.40. The number of pyridine rings is 1. The van der Waals surface area contributed by atoms with E-state index in [0.29, 0.717) is 25.4 Å². The number of amides is 2. The topological polar surface area (TPSA) is 127 Å². The minimum Gasteiger partial charge on any atom is -0.493 e. The van der Waals surface area contributed by atoms with Crippen molar-refractivity contribution in [2.75, 3.05) is 32.9 Å². The quantitative estimate of drug-likeness (QED) is 0.449. The van der Waals surface area contributed by atoms with E-state index in [2.05, 4.69) is 10.3 Å². The molecule has 2 saturated heterocycles. The lowest BCUT2D eigenvalue weighted by molar-refractivity contribution is -0.152. The summed E-state index contributed by atoms with van der Waals surface area (Å²) in [6.07, 6.45) is 1.78. The predicted octanol–water partition coefficient (Wildman–Crippen LogP) is -0.0755. The number of halogens is 1. The first-order chi connectivity index (χ1) is 13.9. The van der Waals surface area contributed by atoms with E-state index in [1.807, 2.05) is 0 Å². The lowest BCUT2D eigenvalue weighted by Crippen LogP contribution is -2.46. The van der Waals surface area contributed by atoms with E-state index in [4.69, 9.17) is 14.2 Å². The fourth-order valence-electron chi connectivity index (χ4n) is 3.29. The molecule has 0 saturated carbocycles. The van der Waals surface area contributed by atoms with Crippen molar-refractivity contribution in [2.45, 2.75) is 31.1 Å². The van der Waals surface area contributed by atoms with Crippen molar-refractivity contribution in [1.82, 2.24) is 15.2 Å². The van der Waals surface area contributed by atoms with Crippen LogP contribution in [0.1, 0.15) is 19.3 Å². The van der Waals surface area contributed by atoms with E-state index in [1.165, 1.54) is 12.3 Å². The fourth-order valence-corrected chi connectivity index (χ4v) is 3.29. The smallest absolute Gasteiger partial charge is 0.326 e. The summed E-state index contributed by atoms with van der Waals surface area (Å²) in [4.78, 5) is 40.4. The van der Waals surface area contributed by atoms with Gasteiger partial charge in [0.25, 0.3) is 0 Å². The largest absolute Gasteiger partial charge is 0.493 e. The zero-order chi connectivity index (χ0) is 20.9. The molecule has 2 amide bonds. The molecule has 1 spiro atoms. The number of carboxylic acid groups (broad SMARTS) is 1. The number of carbonyl (C=O) groups is 3. The highest BCUT2D eigenvalue weighted by atomic mass is 19.1. The van der Waals surface area contributed by atoms with Crippen molar-refractivity contribution in [3.63, 3.8) is 0 Å². The van der Waals surface area contributed by atoms with Crippen molar-refractivity contribution < 1.29 is 38.1 Å². The number of nitrogens with zero attached hydrogens (tertiary/aromatic N) is 2. The predicted molar refractivity (Wildman–Crippen MR) is 94.3 cm³/mol. The number of ether oxygens (including phenoxy) is 3. The van der Waals surface area contributed by atoms with Crippen LogP contribution in [0.15, 0.2) is 18.3 Å². The number of likely N-dealkylation sites (tertiary alicyclic amines) is 1. The van der Waals surface area contributed by atoms with Crippen LogP contribution in [0.25, 0.3) is 0 Å². The molecule has 1 aromatic rings. The maximum absolute atomic E-state index is 12.9. The zero-order valence-electron chi connectivity index (χ0n) is 15.6. The van der Waals surface area contributed by atoms with Gasteiger partial charge in [0.1, 0.15) is 11.8 Å². The molecule has 1 atom stereocenters. The van der Waals surface area contributed by atoms with Gasteiger partial charge in [-0.3, -0.25) is 9.59 Å². The van der Waals surface area contributed by atoms with E-state index in [1.54, 1.807) is 0 Å². The summed E-state index contributed by atoms with van der Waals surface area (Å²) in [6, 6.07) is 1.58. The Morgan fingerprint density at radius 1 is 1.38 bits per heavy atom. The maximum Gasteiger partial charge on any atom is 0.326 e. The van der Waals surface area contributed by atoms with Crippen LogP contribution in [-0.4, -0.2) is 77.5 Å². The second kappa shape index (κ2) is 9.14. The average Bonchev–Trinajstić information content (AvgIpc) is 3.31. The Labute approximate surface area is 165 Å². The van der Waals surface area contributed by atoms with Crippen molar-refractivity contribution in [3.8, 4) is 5.75 Å². The molecule has 2 fully saturated rings. The molecule has 158 valence electrons. The molecule has 29 heavy (non-hydrogen) atoms. The molecule has 0 aromatic carbocycles. The minimum atomic E-state index is -1.15. The van der Waals surface area contributed by atoms with Gasteiger partial charge < -0.3 is 29.5 Å². The number of aliphatic carboxylic acids is 1. The van der Waals surface area contributed by atoms with Crippen LogP contribution in [0.3, 0.4) is 0 Å². The molecule has 0 aliphatic carbocycles. The summed E-state index contributed by atoms with van der Waals surface area (Å²) in [5, 5.41) is 11.8. The van der Waals surface area contributed by atoms with Gasteiger partial charge >= 0.3 is 5.97 Å². The lowest BCUT2D eigenvalue weighted by atomic mass is 10.1. The van der Waals surface area contributed by atoms with Gasteiger partial charge in [-0.15, -0.1) is 0 Å². The first-order valence-electron chi connectivity index (χ1n) is 9.20. The first kappa shape index (κ1) is 20.9. The molecule has 10 nitrogen and oxygen atoms in total. The third kappa shape index (κ3) is 5.39. The fraction of sp³-hybridized carbons (Fsp3) is 0.556. The first-order valence-corrected chi connectivity index (χ1v) is 9.20. The average molecular weight is 411 g/mol. The third-order valence-corrected chi connectivity index (χ3v) is 4.66. The SMILES string of the molecule is O=C(CCCOc1ccnc(F)c1)NCC(=O)N1CC2(C[C@H]1C(=O)O)OCCO2. The second-order valence-electron chi connectivity index (χ2n) is 6.73. The van der Waals surface area contributed by atoms with Crippen LogP contribution < -0.4 is 10.1 Å². The normalized spacial score (nSPS) is 20.0. The van der Waals surface area contributed by atoms with Crippen LogP contribution in [0.4, 0.5) is 4.39 Å². The number of hydrogen-bond acceptors (Lipinski definition) is 7. The Kier molecular flexibility index (Phi) is 6.60. The van der Waals surface area contributed by atoms with Crippen LogP contribution in [0, 0.1) is 5.95 Å². The van der Waals surface area contributed by atoms with E-state index >= 15 is 0 Å². The molecule has 3 rings (SSSR count). The molecule has 2 aliphatic rings. The molecule has 0 unspecified atom stereocenters. The zero-order valence-corrected chi connectivity index (χ0v) is 15.6. The van der Waals surface area contributed by atoms with Crippen LogP contribution in [0.5, 0.6) is 5.75 Å². The minimum absolute atomic E-state index is 0.00893. The summed E-state index contributed by atoms with van der Waals surface area (Å²) in [5.41, 5.74) is 0. The molecular formula is C18H22FN3O7. The number of carbonyl (C=O) groups excluding carboxylic acids is 2. The van der Waals surface area contributed by atoms with Crippen molar-refractivity contribution in [2.24, 2.45) is 0 Å². The monoisotopic (exact) mass is 411 g/mol. The van der Waals surface area contributed by atoms with Gasteiger partial charge in [0.05, 0.1) is 32.9 Å². The Morgan fingerprint density at radius 2 is 2.14 bits per heavy atom. The van der Waals surface area contributed by atoms with E-state index < -0.39 is 29.7 Å². The number of rotatable bonds is 8. The molecule has 1 aromatic heterocycles. The van der Waals surface area contributed by atoms with Crippen LogP contribution >= 0.6 is 0 Å². The molecule has 2 N–H and O–H groups in total. The van der Waals surface area contributed by atoms with Gasteiger partial charge in [-0.25, -0.2) is 9.78 Å².